The highest BCUT2D eigenvalue weighted by atomic mass is 79.9. The second kappa shape index (κ2) is 4.55. The molecule has 1 heterocycles. The van der Waals surface area contributed by atoms with E-state index in [1.54, 1.807) is 24.2 Å². The van der Waals surface area contributed by atoms with Crippen molar-refractivity contribution in [3.63, 3.8) is 0 Å². The summed E-state index contributed by atoms with van der Waals surface area (Å²) in [7, 11) is 1.77. The summed E-state index contributed by atoms with van der Waals surface area (Å²) in [6.07, 6.45) is 1.63. The zero-order valence-corrected chi connectivity index (χ0v) is 10.1. The highest BCUT2D eigenvalue weighted by molar-refractivity contribution is 9.10. The average molecular weight is 257 g/mol. The number of aromatic nitrogens is 1. The summed E-state index contributed by atoms with van der Waals surface area (Å²) in [6, 6.07) is 3.72. The molecular weight excluding hydrogens is 244 g/mol. The number of pyridine rings is 1. The number of hydrogen-bond donors (Lipinski definition) is 0. The van der Waals surface area contributed by atoms with Gasteiger partial charge in [-0.25, -0.2) is 4.98 Å². The minimum Gasteiger partial charge on any atom is -0.338 e. The molecular formula is C10H13BrN2O. The molecule has 0 aliphatic rings. The van der Waals surface area contributed by atoms with Crippen LogP contribution in [0, 0.1) is 0 Å². The van der Waals surface area contributed by atoms with Crippen molar-refractivity contribution in [2.45, 2.75) is 19.9 Å². The molecule has 4 heteroatoms. The molecule has 0 saturated heterocycles. The summed E-state index contributed by atoms with van der Waals surface area (Å²) in [4.78, 5) is 17.5. The van der Waals surface area contributed by atoms with Crippen LogP contribution in [0.5, 0.6) is 0 Å². The second-order valence-electron chi connectivity index (χ2n) is 3.37. The van der Waals surface area contributed by atoms with E-state index in [1.807, 2.05) is 19.9 Å². The number of rotatable bonds is 2. The average Bonchev–Trinajstić information content (AvgIpc) is 2.16. The summed E-state index contributed by atoms with van der Waals surface area (Å²) in [5.41, 5.74) is 0.476. The van der Waals surface area contributed by atoms with Gasteiger partial charge in [0.15, 0.2) is 0 Å². The predicted molar refractivity (Wildman–Crippen MR) is 59.2 cm³/mol. The van der Waals surface area contributed by atoms with Gasteiger partial charge in [0.25, 0.3) is 5.91 Å². The molecule has 0 saturated carbocycles. The van der Waals surface area contributed by atoms with Crippen LogP contribution >= 0.6 is 15.9 Å². The Morgan fingerprint density at radius 2 is 2.14 bits per heavy atom. The predicted octanol–water partition coefficient (Wildman–Crippen LogP) is 2.32. The Balaban J connectivity index is 2.84. The van der Waals surface area contributed by atoms with Gasteiger partial charge in [0.05, 0.1) is 0 Å². The van der Waals surface area contributed by atoms with Gasteiger partial charge in [-0.2, -0.15) is 0 Å². The lowest BCUT2D eigenvalue weighted by atomic mass is 10.3. The quantitative estimate of drug-likeness (QED) is 0.814. The van der Waals surface area contributed by atoms with Crippen LogP contribution in [0.3, 0.4) is 0 Å². The smallest absolute Gasteiger partial charge is 0.272 e. The van der Waals surface area contributed by atoms with E-state index in [0.29, 0.717) is 5.69 Å². The normalized spacial score (nSPS) is 10.4. The third kappa shape index (κ3) is 2.54. The lowest BCUT2D eigenvalue weighted by Crippen LogP contribution is -2.33. The topological polar surface area (TPSA) is 33.2 Å². The maximum Gasteiger partial charge on any atom is 0.272 e. The molecule has 0 bridgehead atoms. The van der Waals surface area contributed by atoms with Crippen LogP contribution in [0.4, 0.5) is 0 Å². The van der Waals surface area contributed by atoms with Gasteiger partial charge in [0, 0.05) is 23.8 Å². The van der Waals surface area contributed by atoms with E-state index >= 15 is 0 Å². The third-order valence-electron chi connectivity index (χ3n) is 2.04. The molecule has 0 spiro atoms. The molecule has 1 amide bonds. The van der Waals surface area contributed by atoms with E-state index in [1.165, 1.54) is 0 Å². The first-order valence-corrected chi connectivity index (χ1v) is 5.20. The molecule has 3 nitrogen and oxygen atoms in total. The fraction of sp³-hybridized carbons (Fsp3) is 0.400. The molecule has 0 unspecified atom stereocenters. The Bertz CT molecular complexity index is 321. The van der Waals surface area contributed by atoms with Crippen molar-refractivity contribution in [2.24, 2.45) is 0 Å². The molecule has 0 aliphatic heterocycles. The van der Waals surface area contributed by atoms with E-state index in [4.69, 9.17) is 0 Å². The number of carbonyl (C=O) groups excluding carboxylic acids is 1. The van der Waals surface area contributed by atoms with Gasteiger partial charge in [-0.3, -0.25) is 4.79 Å². The molecule has 0 aliphatic carbocycles. The fourth-order valence-electron chi connectivity index (χ4n) is 0.918. The fourth-order valence-corrected chi connectivity index (χ4v) is 1.15. The van der Waals surface area contributed by atoms with Gasteiger partial charge in [-0.1, -0.05) is 0 Å². The molecule has 76 valence electrons. The van der Waals surface area contributed by atoms with Crippen LogP contribution in [-0.2, 0) is 0 Å². The van der Waals surface area contributed by atoms with Crippen molar-refractivity contribution in [3.8, 4) is 0 Å². The van der Waals surface area contributed by atoms with Crippen molar-refractivity contribution >= 4 is 21.8 Å². The maximum absolute atomic E-state index is 11.7. The SMILES string of the molecule is CC(C)N(C)C(=O)c1ccc(Br)cn1. The van der Waals surface area contributed by atoms with E-state index in [2.05, 4.69) is 20.9 Å². The first-order valence-electron chi connectivity index (χ1n) is 4.41. The Morgan fingerprint density at radius 1 is 1.50 bits per heavy atom. The van der Waals surface area contributed by atoms with Crippen molar-refractivity contribution in [2.75, 3.05) is 7.05 Å². The van der Waals surface area contributed by atoms with Gasteiger partial charge in [-0.05, 0) is 41.9 Å². The number of carbonyl (C=O) groups is 1. The van der Waals surface area contributed by atoms with Crippen LogP contribution < -0.4 is 0 Å². The van der Waals surface area contributed by atoms with Gasteiger partial charge < -0.3 is 4.90 Å². The van der Waals surface area contributed by atoms with Crippen LogP contribution in [0.15, 0.2) is 22.8 Å². The Kier molecular flexibility index (Phi) is 3.63. The van der Waals surface area contributed by atoms with Crippen LogP contribution in [0.1, 0.15) is 24.3 Å². The highest BCUT2D eigenvalue weighted by Gasteiger charge is 2.14. The van der Waals surface area contributed by atoms with Gasteiger partial charge in [0.2, 0.25) is 0 Å². The van der Waals surface area contributed by atoms with Crippen molar-refractivity contribution < 1.29 is 4.79 Å². The van der Waals surface area contributed by atoms with Crippen LogP contribution in [0.2, 0.25) is 0 Å². The van der Waals surface area contributed by atoms with Crippen molar-refractivity contribution in [1.29, 1.82) is 0 Å². The third-order valence-corrected chi connectivity index (χ3v) is 2.51. The monoisotopic (exact) mass is 256 g/mol. The maximum atomic E-state index is 11.7. The number of amides is 1. The summed E-state index contributed by atoms with van der Waals surface area (Å²) in [6.45, 7) is 3.94. The van der Waals surface area contributed by atoms with Crippen LogP contribution in [-0.4, -0.2) is 28.9 Å². The minimum atomic E-state index is -0.0486. The van der Waals surface area contributed by atoms with Crippen LogP contribution in [0.25, 0.3) is 0 Å². The lowest BCUT2D eigenvalue weighted by Gasteiger charge is -2.20. The number of hydrogen-bond acceptors (Lipinski definition) is 2. The zero-order chi connectivity index (χ0) is 10.7. The molecule has 1 aromatic rings. The van der Waals surface area contributed by atoms with Crippen molar-refractivity contribution in [1.82, 2.24) is 9.88 Å². The molecule has 0 atom stereocenters. The van der Waals surface area contributed by atoms with E-state index in [-0.39, 0.29) is 11.9 Å². The first kappa shape index (κ1) is 11.2. The molecule has 0 radical (unpaired) electrons. The van der Waals surface area contributed by atoms with Gasteiger partial charge >= 0.3 is 0 Å². The summed E-state index contributed by atoms with van der Waals surface area (Å²) < 4.78 is 0.876. The van der Waals surface area contributed by atoms with Gasteiger partial charge in [-0.15, -0.1) is 0 Å². The van der Waals surface area contributed by atoms with E-state index < -0.39 is 0 Å². The molecule has 1 rings (SSSR count). The van der Waals surface area contributed by atoms with E-state index in [0.717, 1.165) is 4.47 Å². The standard InChI is InChI=1S/C10H13BrN2O/c1-7(2)13(3)10(14)9-5-4-8(11)6-12-9/h4-7H,1-3H3. The Hall–Kier alpha value is -0.900. The molecule has 0 fully saturated rings. The molecule has 14 heavy (non-hydrogen) atoms. The summed E-state index contributed by atoms with van der Waals surface area (Å²) in [5.74, 6) is -0.0486. The minimum absolute atomic E-state index is 0.0486. The number of nitrogens with zero attached hydrogens (tertiary/aromatic N) is 2. The van der Waals surface area contributed by atoms with E-state index in [9.17, 15) is 4.79 Å². The number of halogens is 1. The summed E-state index contributed by atoms with van der Waals surface area (Å²) >= 11 is 3.27. The molecule has 0 N–H and O–H groups in total. The Labute approximate surface area is 92.3 Å². The largest absolute Gasteiger partial charge is 0.338 e. The second-order valence-corrected chi connectivity index (χ2v) is 4.29. The van der Waals surface area contributed by atoms with Gasteiger partial charge in [0.1, 0.15) is 5.69 Å². The molecule has 1 aromatic heterocycles. The highest BCUT2D eigenvalue weighted by Crippen LogP contribution is 2.09. The molecule has 0 aromatic carbocycles. The van der Waals surface area contributed by atoms with Crippen molar-refractivity contribution in [3.05, 3.63) is 28.5 Å². The first-order chi connectivity index (χ1) is 6.52. The zero-order valence-electron chi connectivity index (χ0n) is 8.49. The Morgan fingerprint density at radius 3 is 2.57 bits per heavy atom. The lowest BCUT2D eigenvalue weighted by molar-refractivity contribution is 0.0749. The summed E-state index contributed by atoms with van der Waals surface area (Å²) in [5, 5.41) is 0.